The lowest BCUT2D eigenvalue weighted by molar-refractivity contribution is -0.143. The topological polar surface area (TPSA) is 96.7 Å². The highest BCUT2D eigenvalue weighted by Gasteiger charge is 2.33. The number of methoxy groups -OCH3 is 1. The summed E-state index contributed by atoms with van der Waals surface area (Å²) in [5.74, 6) is -0.237. The minimum atomic E-state index is -0.706. The normalized spacial score (nSPS) is 22.3. The van der Waals surface area contributed by atoms with E-state index in [1.165, 1.54) is 7.11 Å². The highest BCUT2D eigenvalue weighted by molar-refractivity contribution is 5.96. The number of aryl methyl sites for hydroxylation is 1. The number of benzene rings is 2. The second kappa shape index (κ2) is 9.00. The maximum Gasteiger partial charge on any atom is 0.414 e. The molecule has 178 valence electrons. The number of rotatable bonds is 4. The van der Waals surface area contributed by atoms with Crippen molar-refractivity contribution in [3.63, 3.8) is 0 Å². The van der Waals surface area contributed by atoms with Gasteiger partial charge in [-0.25, -0.2) is 9.78 Å². The minimum Gasteiger partial charge on any atom is -0.481 e. The van der Waals surface area contributed by atoms with Gasteiger partial charge in [0.1, 0.15) is 0 Å². The Morgan fingerprint density at radius 2 is 1.79 bits per heavy atom. The molecule has 0 saturated heterocycles. The number of imidazole rings is 1. The molecule has 0 spiro atoms. The number of ether oxygens (including phenoxy) is 1. The number of hydrogen-bond donors (Lipinski definition) is 2. The summed E-state index contributed by atoms with van der Waals surface area (Å²) in [6.45, 7) is 2.03. The first kappa shape index (κ1) is 22.3. The third kappa shape index (κ3) is 3.87. The first-order valence-electron chi connectivity index (χ1n) is 11.9. The predicted molar refractivity (Wildman–Crippen MR) is 131 cm³/mol. The molecular weight excluding hydrogens is 432 g/mol. The van der Waals surface area contributed by atoms with E-state index in [1.807, 2.05) is 49.4 Å². The van der Waals surface area contributed by atoms with E-state index in [-0.39, 0.29) is 24.1 Å². The Balaban J connectivity index is 1.61. The van der Waals surface area contributed by atoms with Crippen molar-refractivity contribution >= 4 is 40.4 Å². The number of fused-ring (bicyclic) bond motifs is 3. The van der Waals surface area contributed by atoms with Crippen LogP contribution in [0.15, 0.2) is 42.5 Å². The Kier molecular flexibility index (Phi) is 5.89. The summed E-state index contributed by atoms with van der Waals surface area (Å²) >= 11 is 0. The largest absolute Gasteiger partial charge is 0.481 e. The summed E-state index contributed by atoms with van der Waals surface area (Å²) in [4.78, 5) is 30.8. The lowest BCUT2D eigenvalue weighted by atomic mass is 9.86. The molecule has 3 aromatic rings. The Morgan fingerprint density at radius 3 is 2.47 bits per heavy atom. The molecule has 8 heteroatoms. The van der Waals surface area contributed by atoms with Gasteiger partial charge < -0.3 is 19.7 Å². The van der Waals surface area contributed by atoms with Crippen LogP contribution in [0, 0.1) is 5.92 Å². The first-order chi connectivity index (χ1) is 16.5. The molecule has 1 amide bonds. The molecule has 1 atom stereocenters. The van der Waals surface area contributed by atoms with Gasteiger partial charge in [-0.1, -0.05) is 18.2 Å². The van der Waals surface area contributed by atoms with Gasteiger partial charge in [0.05, 0.1) is 29.7 Å². The molecule has 2 heterocycles. The monoisotopic (exact) mass is 462 g/mol. The van der Waals surface area contributed by atoms with Crippen LogP contribution in [0.4, 0.5) is 22.1 Å². The summed E-state index contributed by atoms with van der Waals surface area (Å²) in [7, 11) is 1.41. The van der Waals surface area contributed by atoms with E-state index in [0.717, 1.165) is 59.6 Å². The van der Waals surface area contributed by atoms with E-state index in [0.29, 0.717) is 12.8 Å². The second-order valence-corrected chi connectivity index (χ2v) is 9.30. The molecule has 1 aliphatic heterocycles. The molecule has 1 unspecified atom stereocenters. The van der Waals surface area contributed by atoms with Gasteiger partial charge in [-0.15, -0.1) is 0 Å². The van der Waals surface area contributed by atoms with E-state index in [2.05, 4.69) is 9.88 Å². The van der Waals surface area contributed by atoms with E-state index < -0.39 is 5.97 Å². The van der Waals surface area contributed by atoms with Crippen LogP contribution in [0.5, 0.6) is 0 Å². The molecule has 2 N–H and O–H groups in total. The van der Waals surface area contributed by atoms with Gasteiger partial charge in [-0.2, -0.15) is 0 Å². The lowest BCUT2D eigenvalue weighted by Gasteiger charge is -2.34. The SMILES string of the molecule is COC(=O)N1c2ccc3c(nc(Nc4ccccc4)n3C3CCC(C(=O)O)CC3)c2CCC1C. The third-order valence-electron chi connectivity index (χ3n) is 7.27. The second-order valence-electron chi connectivity index (χ2n) is 9.30. The number of carboxylic acid groups (broad SMARTS) is 1. The molecule has 1 saturated carbocycles. The number of carboxylic acids is 1. The van der Waals surface area contributed by atoms with Gasteiger partial charge in [-0.05, 0) is 69.7 Å². The number of carbonyl (C=O) groups is 2. The van der Waals surface area contributed by atoms with Crippen LogP contribution in [0.25, 0.3) is 11.0 Å². The average Bonchev–Trinajstić information content (AvgIpc) is 3.22. The fraction of sp³-hybridized carbons (Fsp3) is 0.423. The number of amides is 1. The molecule has 0 bridgehead atoms. The summed E-state index contributed by atoms with van der Waals surface area (Å²) in [5.41, 5.74) is 4.74. The molecule has 2 aliphatic rings. The molecular formula is C26H30N4O4. The van der Waals surface area contributed by atoms with Crippen LogP contribution in [0.3, 0.4) is 0 Å². The van der Waals surface area contributed by atoms with Crippen molar-refractivity contribution in [2.24, 2.45) is 5.92 Å². The van der Waals surface area contributed by atoms with Crippen molar-refractivity contribution in [1.29, 1.82) is 0 Å². The standard InChI is InChI=1S/C26H30N4O4/c1-16-8-13-20-21(29(16)26(33)34-2)14-15-22-23(20)28-25(27-18-6-4-3-5-7-18)30(22)19-11-9-17(10-12-19)24(31)32/h3-7,14-17,19H,8-13H2,1-2H3,(H,27,28)(H,31,32). The van der Waals surface area contributed by atoms with Gasteiger partial charge >= 0.3 is 12.1 Å². The molecule has 5 rings (SSSR count). The first-order valence-corrected chi connectivity index (χ1v) is 11.9. The highest BCUT2D eigenvalue weighted by Crippen LogP contribution is 2.41. The van der Waals surface area contributed by atoms with E-state index >= 15 is 0 Å². The van der Waals surface area contributed by atoms with Crippen molar-refractivity contribution in [3.8, 4) is 0 Å². The van der Waals surface area contributed by atoms with Crippen LogP contribution in [0.1, 0.15) is 50.6 Å². The van der Waals surface area contributed by atoms with Crippen LogP contribution < -0.4 is 10.2 Å². The van der Waals surface area contributed by atoms with Gasteiger partial charge in [0.2, 0.25) is 5.95 Å². The Morgan fingerprint density at radius 1 is 1.06 bits per heavy atom. The highest BCUT2D eigenvalue weighted by atomic mass is 16.5. The maximum atomic E-state index is 12.5. The molecule has 34 heavy (non-hydrogen) atoms. The molecule has 1 fully saturated rings. The number of aromatic nitrogens is 2. The molecule has 8 nitrogen and oxygen atoms in total. The van der Waals surface area contributed by atoms with Crippen molar-refractivity contribution in [1.82, 2.24) is 9.55 Å². The fourth-order valence-electron chi connectivity index (χ4n) is 5.46. The van der Waals surface area contributed by atoms with Crippen molar-refractivity contribution in [2.75, 3.05) is 17.3 Å². The maximum absolute atomic E-state index is 12.5. The van der Waals surface area contributed by atoms with Crippen molar-refractivity contribution in [3.05, 3.63) is 48.0 Å². The molecule has 2 aromatic carbocycles. The number of para-hydroxylation sites is 1. The van der Waals surface area contributed by atoms with E-state index in [4.69, 9.17) is 9.72 Å². The van der Waals surface area contributed by atoms with Gasteiger partial charge in [0, 0.05) is 23.3 Å². The van der Waals surface area contributed by atoms with Crippen LogP contribution in [-0.4, -0.2) is 39.9 Å². The zero-order valence-corrected chi connectivity index (χ0v) is 19.5. The number of anilines is 3. The van der Waals surface area contributed by atoms with E-state index in [1.54, 1.807) is 4.90 Å². The van der Waals surface area contributed by atoms with Crippen LogP contribution in [0.2, 0.25) is 0 Å². The number of nitrogens with one attached hydrogen (secondary N) is 1. The molecule has 1 aliphatic carbocycles. The lowest BCUT2D eigenvalue weighted by Crippen LogP contribution is -2.42. The predicted octanol–water partition coefficient (Wildman–Crippen LogP) is 5.50. The Labute approximate surface area is 198 Å². The Hall–Kier alpha value is -3.55. The van der Waals surface area contributed by atoms with Crippen LogP contribution >= 0.6 is 0 Å². The summed E-state index contributed by atoms with van der Waals surface area (Å²) < 4.78 is 7.30. The van der Waals surface area contributed by atoms with Crippen molar-refractivity contribution < 1.29 is 19.4 Å². The third-order valence-corrected chi connectivity index (χ3v) is 7.27. The summed E-state index contributed by atoms with van der Waals surface area (Å²) in [6, 6.07) is 14.2. The van der Waals surface area contributed by atoms with Gasteiger partial charge in [0.25, 0.3) is 0 Å². The minimum absolute atomic E-state index is 0.0488. The number of carbonyl (C=O) groups excluding carboxylic acids is 1. The molecule has 0 radical (unpaired) electrons. The molecule has 1 aromatic heterocycles. The van der Waals surface area contributed by atoms with Crippen LogP contribution in [-0.2, 0) is 16.0 Å². The summed E-state index contributed by atoms with van der Waals surface area (Å²) in [5, 5.41) is 12.9. The van der Waals surface area contributed by atoms with Gasteiger partial charge in [0.15, 0.2) is 0 Å². The van der Waals surface area contributed by atoms with E-state index in [9.17, 15) is 14.7 Å². The Bertz CT molecular complexity index is 1210. The number of hydrogen-bond acceptors (Lipinski definition) is 5. The van der Waals surface area contributed by atoms with Gasteiger partial charge in [-0.3, -0.25) is 9.69 Å². The smallest absolute Gasteiger partial charge is 0.414 e. The zero-order chi connectivity index (χ0) is 23.8. The quantitative estimate of drug-likeness (QED) is 0.531. The number of nitrogens with zero attached hydrogens (tertiary/aromatic N) is 3. The number of aliphatic carboxylic acids is 1. The average molecular weight is 463 g/mol. The fourth-order valence-corrected chi connectivity index (χ4v) is 5.46. The summed E-state index contributed by atoms with van der Waals surface area (Å²) in [6.07, 6.45) is 4.19. The van der Waals surface area contributed by atoms with Crippen molar-refractivity contribution in [2.45, 2.75) is 57.5 Å². The zero-order valence-electron chi connectivity index (χ0n) is 19.5.